The van der Waals surface area contributed by atoms with Crippen molar-refractivity contribution in [1.29, 1.82) is 0 Å². The lowest BCUT2D eigenvalue weighted by Crippen LogP contribution is -2.31. The van der Waals surface area contributed by atoms with Gasteiger partial charge in [0.25, 0.3) is 0 Å². The maximum absolute atomic E-state index is 13.2. The van der Waals surface area contributed by atoms with Crippen LogP contribution >= 0.6 is 0 Å². The SMILES string of the molecule is CCc1ccccc1C(NN)c1ccccc1C(F)(F)F. The summed E-state index contributed by atoms with van der Waals surface area (Å²) < 4.78 is 39.5. The second-order valence-electron chi connectivity index (χ2n) is 4.74. The number of nitrogens with one attached hydrogen (secondary N) is 1. The third kappa shape index (κ3) is 3.25. The van der Waals surface area contributed by atoms with E-state index < -0.39 is 17.8 Å². The second-order valence-corrected chi connectivity index (χ2v) is 4.74. The van der Waals surface area contributed by atoms with Gasteiger partial charge in [-0.25, -0.2) is 5.43 Å². The zero-order chi connectivity index (χ0) is 15.5. The molecule has 0 radical (unpaired) electrons. The molecule has 0 fully saturated rings. The monoisotopic (exact) mass is 294 g/mol. The average Bonchev–Trinajstić information content (AvgIpc) is 2.48. The fourth-order valence-corrected chi connectivity index (χ4v) is 2.49. The van der Waals surface area contributed by atoms with Gasteiger partial charge in [-0.05, 0) is 29.2 Å². The second kappa shape index (κ2) is 6.28. The van der Waals surface area contributed by atoms with E-state index in [0.717, 1.165) is 23.6 Å². The number of hydrogen-bond donors (Lipinski definition) is 2. The first-order valence-corrected chi connectivity index (χ1v) is 6.69. The maximum Gasteiger partial charge on any atom is 0.416 e. The highest BCUT2D eigenvalue weighted by Crippen LogP contribution is 2.36. The Hall–Kier alpha value is -1.85. The van der Waals surface area contributed by atoms with Crippen molar-refractivity contribution in [1.82, 2.24) is 5.43 Å². The fraction of sp³-hybridized carbons (Fsp3) is 0.250. The van der Waals surface area contributed by atoms with Crippen LogP contribution < -0.4 is 11.3 Å². The van der Waals surface area contributed by atoms with Gasteiger partial charge in [0, 0.05) is 0 Å². The third-order valence-electron chi connectivity index (χ3n) is 3.49. The molecule has 0 amide bonds. The Bertz CT molecular complexity index is 608. The van der Waals surface area contributed by atoms with E-state index in [-0.39, 0.29) is 5.56 Å². The molecule has 2 nitrogen and oxygen atoms in total. The molecule has 0 heterocycles. The van der Waals surface area contributed by atoms with Crippen LogP contribution in [0.1, 0.15) is 35.2 Å². The summed E-state index contributed by atoms with van der Waals surface area (Å²) in [5, 5.41) is 0. The molecule has 0 saturated heterocycles. The summed E-state index contributed by atoms with van der Waals surface area (Å²) in [5.41, 5.74) is 3.72. The van der Waals surface area contributed by atoms with Crippen molar-refractivity contribution < 1.29 is 13.2 Å². The molecule has 5 heteroatoms. The Morgan fingerprint density at radius 1 is 1.00 bits per heavy atom. The number of rotatable bonds is 4. The Morgan fingerprint density at radius 2 is 1.57 bits per heavy atom. The van der Waals surface area contributed by atoms with Crippen molar-refractivity contribution >= 4 is 0 Å². The molecule has 2 aromatic carbocycles. The molecule has 0 aliphatic heterocycles. The van der Waals surface area contributed by atoms with Gasteiger partial charge in [-0.1, -0.05) is 49.4 Å². The van der Waals surface area contributed by atoms with Crippen LogP contribution in [0.15, 0.2) is 48.5 Å². The molecule has 2 rings (SSSR count). The van der Waals surface area contributed by atoms with E-state index in [2.05, 4.69) is 5.43 Å². The van der Waals surface area contributed by atoms with Gasteiger partial charge in [-0.3, -0.25) is 5.84 Å². The lowest BCUT2D eigenvalue weighted by Gasteiger charge is -2.23. The molecule has 2 aromatic rings. The smallest absolute Gasteiger partial charge is 0.271 e. The van der Waals surface area contributed by atoms with Crippen molar-refractivity contribution in [2.45, 2.75) is 25.6 Å². The van der Waals surface area contributed by atoms with E-state index in [0.29, 0.717) is 0 Å². The minimum Gasteiger partial charge on any atom is -0.271 e. The summed E-state index contributed by atoms with van der Waals surface area (Å²) in [6, 6.07) is 12.2. The summed E-state index contributed by atoms with van der Waals surface area (Å²) in [6.07, 6.45) is -3.69. The van der Waals surface area contributed by atoms with Gasteiger partial charge in [0.2, 0.25) is 0 Å². The molecule has 21 heavy (non-hydrogen) atoms. The van der Waals surface area contributed by atoms with Crippen molar-refractivity contribution in [3.8, 4) is 0 Å². The zero-order valence-electron chi connectivity index (χ0n) is 11.6. The van der Waals surface area contributed by atoms with Crippen molar-refractivity contribution in [3.05, 3.63) is 70.8 Å². The summed E-state index contributed by atoms with van der Waals surface area (Å²) in [7, 11) is 0. The fourth-order valence-electron chi connectivity index (χ4n) is 2.49. The number of hydrazine groups is 1. The maximum atomic E-state index is 13.2. The molecule has 0 aliphatic carbocycles. The van der Waals surface area contributed by atoms with Gasteiger partial charge in [0.15, 0.2) is 0 Å². The molecule has 0 aromatic heterocycles. The van der Waals surface area contributed by atoms with Gasteiger partial charge >= 0.3 is 6.18 Å². The third-order valence-corrected chi connectivity index (χ3v) is 3.49. The lowest BCUT2D eigenvalue weighted by atomic mass is 9.91. The van der Waals surface area contributed by atoms with E-state index in [1.165, 1.54) is 12.1 Å². The quantitative estimate of drug-likeness (QED) is 0.664. The van der Waals surface area contributed by atoms with Crippen molar-refractivity contribution in [3.63, 3.8) is 0 Å². The Kier molecular flexibility index (Phi) is 4.65. The standard InChI is InChI=1S/C16H17F3N2/c1-2-11-7-3-4-8-12(11)15(21-20)13-9-5-6-10-14(13)16(17,18)19/h3-10,15,21H,2,20H2,1H3. The van der Waals surface area contributed by atoms with Crippen molar-refractivity contribution in [2.24, 2.45) is 5.84 Å². The lowest BCUT2D eigenvalue weighted by molar-refractivity contribution is -0.138. The van der Waals surface area contributed by atoms with E-state index in [1.807, 2.05) is 19.1 Å². The highest BCUT2D eigenvalue weighted by molar-refractivity contribution is 5.42. The van der Waals surface area contributed by atoms with Gasteiger partial charge in [0.05, 0.1) is 11.6 Å². The van der Waals surface area contributed by atoms with Gasteiger partial charge in [0.1, 0.15) is 0 Å². The van der Waals surface area contributed by atoms with Gasteiger partial charge in [-0.15, -0.1) is 0 Å². The molecule has 0 aliphatic rings. The molecule has 0 spiro atoms. The van der Waals surface area contributed by atoms with Crippen LogP contribution in [-0.4, -0.2) is 0 Å². The summed E-state index contributed by atoms with van der Waals surface area (Å²) in [4.78, 5) is 0. The normalized spacial score (nSPS) is 13.2. The Morgan fingerprint density at radius 3 is 2.14 bits per heavy atom. The first-order chi connectivity index (χ1) is 9.99. The number of benzene rings is 2. The largest absolute Gasteiger partial charge is 0.416 e. The van der Waals surface area contributed by atoms with E-state index in [1.54, 1.807) is 18.2 Å². The van der Waals surface area contributed by atoms with Crippen LogP contribution in [0.5, 0.6) is 0 Å². The van der Waals surface area contributed by atoms with E-state index >= 15 is 0 Å². The first-order valence-electron chi connectivity index (χ1n) is 6.69. The first kappa shape index (κ1) is 15.5. The molecular weight excluding hydrogens is 277 g/mol. The number of halogens is 3. The topological polar surface area (TPSA) is 38.0 Å². The highest BCUT2D eigenvalue weighted by atomic mass is 19.4. The molecule has 1 unspecified atom stereocenters. The van der Waals surface area contributed by atoms with Crippen LogP contribution in [0.4, 0.5) is 13.2 Å². The minimum absolute atomic E-state index is 0.133. The number of nitrogens with two attached hydrogens (primary N) is 1. The number of hydrogen-bond acceptors (Lipinski definition) is 2. The Labute approximate surface area is 121 Å². The molecular formula is C16H17F3N2. The summed E-state index contributed by atoms with van der Waals surface area (Å²) in [6.45, 7) is 1.96. The average molecular weight is 294 g/mol. The van der Waals surface area contributed by atoms with Gasteiger partial charge in [-0.2, -0.15) is 13.2 Å². The molecule has 112 valence electrons. The number of aryl methyl sites for hydroxylation is 1. The van der Waals surface area contributed by atoms with E-state index in [4.69, 9.17) is 5.84 Å². The predicted octanol–water partition coefficient (Wildman–Crippen LogP) is 3.82. The number of alkyl halides is 3. The van der Waals surface area contributed by atoms with E-state index in [9.17, 15) is 13.2 Å². The predicted molar refractivity (Wildman–Crippen MR) is 76.4 cm³/mol. The molecule has 0 bridgehead atoms. The van der Waals surface area contributed by atoms with Crippen LogP contribution in [0, 0.1) is 0 Å². The van der Waals surface area contributed by atoms with Gasteiger partial charge < -0.3 is 0 Å². The summed E-state index contributed by atoms with van der Waals surface area (Å²) >= 11 is 0. The minimum atomic E-state index is -4.41. The zero-order valence-corrected chi connectivity index (χ0v) is 11.6. The summed E-state index contributed by atoms with van der Waals surface area (Å²) in [5.74, 6) is 5.56. The van der Waals surface area contributed by atoms with Crippen LogP contribution in [0.2, 0.25) is 0 Å². The van der Waals surface area contributed by atoms with Crippen LogP contribution in [0.3, 0.4) is 0 Å². The molecule has 0 saturated carbocycles. The van der Waals surface area contributed by atoms with Crippen LogP contribution in [-0.2, 0) is 12.6 Å². The highest BCUT2D eigenvalue weighted by Gasteiger charge is 2.35. The van der Waals surface area contributed by atoms with Crippen molar-refractivity contribution in [2.75, 3.05) is 0 Å². The molecule has 1 atom stereocenters. The van der Waals surface area contributed by atoms with Crippen LogP contribution in [0.25, 0.3) is 0 Å². The molecule has 3 N–H and O–H groups in total. The Balaban J connectivity index is 2.58.